The molecule has 4 nitrogen and oxygen atoms in total. The summed E-state index contributed by atoms with van der Waals surface area (Å²) in [5, 5.41) is 9.66. The van der Waals surface area contributed by atoms with E-state index >= 15 is 0 Å². The number of aromatic hydroxyl groups is 1. The number of nitrogens with zero attached hydrogens (tertiary/aromatic N) is 1. The molecule has 0 fully saturated rings. The van der Waals surface area contributed by atoms with E-state index in [0.717, 1.165) is 6.07 Å². The Kier molecular flexibility index (Phi) is 3.82. The smallest absolute Gasteiger partial charge is 0.410 e. The Balaban J connectivity index is 2.24. The number of phenols is 1. The maximum Gasteiger partial charge on any atom is 0.410 e. The fourth-order valence-electron chi connectivity index (χ4n) is 2.13. The highest BCUT2D eigenvalue weighted by Crippen LogP contribution is 2.35. The molecule has 0 aromatic heterocycles. The Morgan fingerprint density at radius 2 is 2.10 bits per heavy atom. The SMILES string of the molecule is CC(C)(C)OC(=O)N1CCc2c(Cl)c(O)cc(F)c2C1. The first-order valence-corrected chi connectivity index (χ1v) is 6.73. The van der Waals surface area contributed by atoms with Crippen LogP contribution in [0, 0.1) is 5.82 Å². The molecule has 1 aromatic carbocycles. The van der Waals surface area contributed by atoms with E-state index in [1.807, 2.05) is 0 Å². The lowest BCUT2D eigenvalue weighted by Gasteiger charge is -2.31. The zero-order valence-corrected chi connectivity index (χ0v) is 12.4. The van der Waals surface area contributed by atoms with Crippen LogP contribution in [0.5, 0.6) is 5.75 Å². The van der Waals surface area contributed by atoms with Crippen LogP contribution in [0.2, 0.25) is 5.02 Å². The zero-order valence-electron chi connectivity index (χ0n) is 11.7. The lowest BCUT2D eigenvalue weighted by molar-refractivity contribution is 0.0222. The normalized spacial score (nSPS) is 14.9. The molecule has 0 unspecified atom stereocenters. The summed E-state index contributed by atoms with van der Waals surface area (Å²) in [6.45, 7) is 5.80. The molecule has 1 amide bonds. The van der Waals surface area contributed by atoms with Crippen molar-refractivity contribution in [1.82, 2.24) is 4.90 Å². The van der Waals surface area contributed by atoms with Gasteiger partial charge in [0.25, 0.3) is 0 Å². The van der Waals surface area contributed by atoms with Crippen molar-refractivity contribution in [1.29, 1.82) is 0 Å². The molecular formula is C14H17ClFNO3. The third-order valence-electron chi connectivity index (χ3n) is 3.04. The second-order valence-corrected chi connectivity index (χ2v) is 6.18. The molecule has 110 valence electrons. The summed E-state index contributed by atoms with van der Waals surface area (Å²) in [5.41, 5.74) is 0.302. The standard InChI is InChI=1S/C14H17ClFNO3/c1-14(2,3)20-13(19)17-5-4-8-9(7-17)10(16)6-11(18)12(8)15/h6,18H,4-5,7H2,1-3H3. The molecular weight excluding hydrogens is 285 g/mol. The molecule has 1 aliphatic rings. The molecule has 20 heavy (non-hydrogen) atoms. The van der Waals surface area contributed by atoms with Gasteiger partial charge in [-0.15, -0.1) is 0 Å². The lowest BCUT2D eigenvalue weighted by atomic mass is 9.99. The molecule has 0 aliphatic carbocycles. The van der Waals surface area contributed by atoms with Crippen LogP contribution >= 0.6 is 11.6 Å². The maximum atomic E-state index is 13.9. The van der Waals surface area contributed by atoms with E-state index in [4.69, 9.17) is 16.3 Å². The number of hydrogen-bond donors (Lipinski definition) is 1. The van der Waals surface area contributed by atoms with Gasteiger partial charge in [0, 0.05) is 18.2 Å². The Hall–Kier alpha value is -1.49. The van der Waals surface area contributed by atoms with Gasteiger partial charge in [0.2, 0.25) is 0 Å². The van der Waals surface area contributed by atoms with Gasteiger partial charge in [0.05, 0.1) is 11.6 Å². The Morgan fingerprint density at radius 1 is 1.45 bits per heavy atom. The summed E-state index contributed by atoms with van der Waals surface area (Å²) in [4.78, 5) is 13.4. The van der Waals surface area contributed by atoms with Crippen molar-refractivity contribution in [2.75, 3.05) is 6.54 Å². The summed E-state index contributed by atoms with van der Waals surface area (Å²) in [7, 11) is 0. The largest absolute Gasteiger partial charge is 0.506 e. The number of phenolic OH excluding ortho intramolecular Hbond substituents is 1. The van der Waals surface area contributed by atoms with Gasteiger partial charge in [-0.05, 0) is 32.8 Å². The Labute approximate surface area is 122 Å². The summed E-state index contributed by atoms with van der Waals surface area (Å²) >= 11 is 5.97. The number of rotatable bonds is 0. The van der Waals surface area contributed by atoms with E-state index in [1.54, 1.807) is 20.8 Å². The zero-order chi connectivity index (χ0) is 15.1. The lowest BCUT2D eigenvalue weighted by Crippen LogP contribution is -2.40. The van der Waals surface area contributed by atoms with Crippen LogP contribution in [-0.4, -0.2) is 28.2 Å². The number of carbonyl (C=O) groups excluding carboxylic acids is 1. The number of hydrogen-bond acceptors (Lipinski definition) is 3. The van der Waals surface area contributed by atoms with Gasteiger partial charge in [-0.3, -0.25) is 0 Å². The first-order chi connectivity index (χ1) is 9.19. The van der Waals surface area contributed by atoms with Gasteiger partial charge in [0.15, 0.2) is 0 Å². The molecule has 2 rings (SSSR count). The number of carbonyl (C=O) groups is 1. The Bertz CT molecular complexity index is 554. The van der Waals surface area contributed by atoms with Crippen LogP contribution in [0.3, 0.4) is 0 Å². The third-order valence-corrected chi connectivity index (χ3v) is 3.46. The highest BCUT2D eigenvalue weighted by atomic mass is 35.5. The van der Waals surface area contributed by atoms with Gasteiger partial charge in [-0.1, -0.05) is 11.6 Å². The fraction of sp³-hybridized carbons (Fsp3) is 0.500. The van der Waals surface area contributed by atoms with E-state index < -0.39 is 17.5 Å². The van der Waals surface area contributed by atoms with Crippen molar-refractivity contribution in [3.05, 3.63) is 28.0 Å². The predicted molar refractivity (Wildman–Crippen MR) is 73.4 cm³/mol. The second kappa shape index (κ2) is 5.13. The van der Waals surface area contributed by atoms with Crippen LogP contribution in [0.15, 0.2) is 6.07 Å². The summed E-state index contributed by atoms with van der Waals surface area (Å²) in [5.74, 6) is -0.830. The molecule has 0 bridgehead atoms. The van der Waals surface area contributed by atoms with E-state index in [-0.39, 0.29) is 17.3 Å². The van der Waals surface area contributed by atoms with Crippen LogP contribution in [0.1, 0.15) is 31.9 Å². The molecule has 6 heteroatoms. The van der Waals surface area contributed by atoms with Crippen molar-refractivity contribution in [3.8, 4) is 5.75 Å². The van der Waals surface area contributed by atoms with Crippen molar-refractivity contribution in [3.63, 3.8) is 0 Å². The van der Waals surface area contributed by atoms with E-state index in [0.29, 0.717) is 24.1 Å². The number of halogens is 2. The molecule has 0 saturated heterocycles. The van der Waals surface area contributed by atoms with E-state index in [2.05, 4.69) is 0 Å². The first-order valence-electron chi connectivity index (χ1n) is 6.35. The molecule has 1 aromatic rings. The van der Waals surface area contributed by atoms with Crippen LogP contribution in [-0.2, 0) is 17.7 Å². The van der Waals surface area contributed by atoms with Crippen LogP contribution < -0.4 is 0 Å². The molecule has 0 radical (unpaired) electrons. The van der Waals surface area contributed by atoms with Crippen LogP contribution in [0.25, 0.3) is 0 Å². The number of ether oxygens (including phenoxy) is 1. The number of fused-ring (bicyclic) bond motifs is 1. The Morgan fingerprint density at radius 3 is 2.70 bits per heavy atom. The third kappa shape index (κ3) is 2.98. The monoisotopic (exact) mass is 301 g/mol. The molecule has 0 spiro atoms. The predicted octanol–water partition coefficient (Wildman–Crippen LogP) is 3.48. The van der Waals surface area contributed by atoms with Gasteiger partial charge in [-0.2, -0.15) is 0 Å². The van der Waals surface area contributed by atoms with Crippen molar-refractivity contribution in [2.24, 2.45) is 0 Å². The topological polar surface area (TPSA) is 49.8 Å². The minimum Gasteiger partial charge on any atom is -0.506 e. The minimum atomic E-state index is -0.595. The maximum absolute atomic E-state index is 13.9. The summed E-state index contributed by atoms with van der Waals surface area (Å²) < 4.78 is 19.2. The quantitative estimate of drug-likeness (QED) is 0.798. The summed E-state index contributed by atoms with van der Waals surface area (Å²) in [6.07, 6.45) is -0.0922. The first kappa shape index (κ1) is 14.9. The van der Waals surface area contributed by atoms with Crippen molar-refractivity contribution in [2.45, 2.75) is 39.3 Å². The fourth-order valence-corrected chi connectivity index (χ4v) is 2.40. The van der Waals surface area contributed by atoms with Gasteiger partial charge < -0.3 is 14.7 Å². The van der Waals surface area contributed by atoms with E-state index in [9.17, 15) is 14.3 Å². The van der Waals surface area contributed by atoms with Gasteiger partial charge in [0.1, 0.15) is 17.2 Å². The second-order valence-electron chi connectivity index (χ2n) is 5.80. The average Bonchev–Trinajstić information content (AvgIpc) is 2.33. The minimum absolute atomic E-state index is 0.0933. The highest BCUT2D eigenvalue weighted by molar-refractivity contribution is 6.32. The summed E-state index contributed by atoms with van der Waals surface area (Å²) in [6, 6.07) is 0.972. The number of amides is 1. The molecule has 1 aliphatic heterocycles. The van der Waals surface area contributed by atoms with Crippen molar-refractivity contribution >= 4 is 17.7 Å². The van der Waals surface area contributed by atoms with Gasteiger partial charge in [-0.25, -0.2) is 9.18 Å². The average molecular weight is 302 g/mol. The van der Waals surface area contributed by atoms with Crippen molar-refractivity contribution < 1.29 is 19.0 Å². The molecule has 0 atom stereocenters. The van der Waals surface area contributed by atoms with Crippen LogP contribution in [0.4, 0.5) is 9.18 Å². The molecule has 1 N–H and O–H groups in total. The molecule has 0 saturated carbocycles. The van der Waals surface area contributed by atoms with Gasteiger partial charge >= 0.3 is 6.09 Å². The number of benzene rings is 1. The van der Waals surface area contributed by atoms with E-state index in [1.165, 1.54) is 4.90 Å². The highest BCUT2D eigenvalue weighted by Gasteiger charge is 2.29. The molecule has 1 heterocycles.